The van der Waals surface area contributed by atoms with E-state index in [1.165, 1.54) is 114 Å². The summed E-state index contributed by atoms with van der Waals surface area (Å²) in [5, 5.41) is 0. The normalized spacial score (nSPS) is 41.8. The van der Waals surface area contributed by atoms with Crippen LogP contribution in [-0.2, 0) is 19.0 Å². The number of esters is 1. The molecule has 16 unspecified atom stereocenters. The summed E-state index contributed by atoms with van der Waals surface area (Å²) in [5.41, 5.74) is 4.42. The Balaban J connectivity index is 0.00000340. The van der Waals surface area contributed by atoms with E-state index in [0.29, 0.717) is 10.8 Å². The smallest absolute Gasteiger partial charge is 0.460 e. The molecule has 0 spiro atoms. The first-order valence-corrected chi connectivity index (χ1v) is 26.9. The minimum Gasteiger partial charge on any atom is -0.460 e. The number of allylic oxidation sites excluding steroid dienone is 2. The fraction of sp³-hybridized carbons (Fsp3) is 0.898. The van der Waals surface area contributed by atoms with Crippen molar-refractivity contribution in [2.75, 3.05) is 6.61 Å². The predicted molar refractivity (Wildman–Crippen MR) is 266 cm³/mol. The Bertz CT molecular complexity index is 1540. The maximum absolute atomic E-state index is 13.1. The highest BCUT2D eigenvalue weighted by Crippen LogP contribution is 2.69. The van der Waals surface area contributed by atoms with Gasteiger partial charge in [-0.1, -0.05) is 146 Å². The lowest BCUT2D eigenvalue weighted by Crippen LogP contribution is -2.51. The number of carbonyl (C=O) groups excluding carboxylic acids is 2. The number of fused-ring (bicyclic) bond motifs is 10. The minimum absolute atomic E-state index is 0. The molecule has 6 fully saturated rings. The summed E-state index contributed by atoms with van der Waals surface area (Å²) >= 11 is 0. The highest BCUT2D eigenvalue weighted by atomic mass is 16.7. The van der Waals surface area contributed by atoms with Gasteiger partial charge in [-0.05, 0) is 183 Å². The topological polar surface area (TPSA) is 61.8 Å². The van der Waals surface area contributed by atoms with Crippen LogP contribution in [0, 0.1) is 92.7 Å². The van der Waals surface area contributed by atoms with E-state index in [1.807, 2.05) is 0 Å². The molecule has 5 nitrogen and oxygen atoms in total. The number of rotatable bonds is 14. The molecule has 0 bridgehead atoms. The van der Waals surface area contributed by atoms with Gasteiger partial charge in [0.2, 0.25) is 0 Å². The molecule has 8 rings (SSSR count). The molecule has 5 heteroatoms. The van der Waals surface area contributed by atoms with E-state index >= 15 is 0 Å². The van der Waals surface area contributed by atoms with Gasteiger partial charge in [-0.25, -0.2) is 9.59 Å². The molecular formula is C59H100O5. The molecule has 0 heterocycles. The first-order valence-electron chi connectivity index (χ1n) is 26.9. The average Bonchev–Trinajstić information content (AvgIpc) is 3.77. The van der Waals surface area contributed by atoms with Crippen LogP contribution in [0.2, 0.25) is 0 Å². The SMILES string of the molecule is C.C.CC(C)CCCC(C)C1CCC2C3CC=C4CC(OC(=O)COC(=O)OC5CCC6(C)C(=CCC7C6CCC6(C)C(C(C)CCCC(C)C)CCC76)C5)CCC4(C)C3CCC12C. The second kappa shape index (κ2) is 20.4. The van der Waals surface area contributed by atoms with Gasteiger partial charge in [0, 0.05) is 12.8 Å². The molecule has 0 N–H and O–H groups in total. The summed E-state index contributed by atoms with van der Waals surface area (Å²) in [5.74, 6) is 9.33. The number of ether oxygens (including phenoxy) is 3. The molecule has 8 aliphatic rings. The molecular weight excluding hydrogens is 789 g/mol. The van der Waals surface area contributed by atoms with Gasteiger partial charge >= 0.3 is 12.1 Å². The van der Waals surface area contributed by atoms with Gasteiger partial charge in [0.25, 0.3) is 0 Å². The van der Waals surface area contributed by atoms with Crippen LogP contribution >= 0.6 is 0 Å². The zero-order valence-corrected chi connectivity index (χ0v) is 41.5. The lowest BCUT2D eigenvalue weighted by atomic mass is 9.47. The van der Waals surface area contributed by atoms with Crippen LogP contribution < -0.4 is 0 Å². The summed E-state index contributed by atoms with van der Waals surface area (Å²) in [6.07, 6.45) is 31.4. The van der Waals surface area contributed by atoms with Crippen LogP contribution in [0.1, 0.15) is 225 Å². The van der Waals surface area contributed by atoms with Crippen LogP contribution in [0.4, 0.5) is 4.79 Å². The maximum Gasteiger partial charge on any atom is 0.509 e. The molecule has 0 aliphatic heterocycles. The average molecular weight is 889 g/mol. The summed E-state index contributed by atoms with van der Waals surface area (Å²) in [4.78, 5) is 26.2. The van der Waals surface area contributed by atoms with Gasteiger partial charge in [0.1, 0.15) is 12.2 Å². The van der Waals surface area contributed by atoms with E-state index in [9.17, 15) is 9.59 Å². The highest BCUT2D eigenvalue weighted by molar-refractivity contribution is 5.74. The van der Waals surface area contributed by atoms with E-state index < -0.39 is 12.1 Å². The van der Waals surface area contributed by atoms with Crippen molar-refractivity contribution in [2.45, 2.75) is 238 Å². The van der Waals surface area contributed by atoms with Gasteiger partial charge in [-0.2, -0.15) is 0 Å². The van der Waals surface area contributed by atoms with E-state index in [2.05, 4.69) is 81.4 Å². The van der Waals surface area contributed by atoms with Crippen molar-refractivity contribution in [3.63, 3.8) is 0 Å². The predicted octanol–water partition coefficient (Wildman–Crippen LogP) is 16.8. The third-order valence-electron chi connectivity index (χ3n) is 21.4. The second-order valence-electron chi connectivity index (χ2n) is 25.5. The first kappa shape index (κ1) is 51.6. The van der Waals surface area contributed by atoms with Crippen molar-refractivity contribution in [3.8, 4) is 0 Å². The quantitative estimate of drug-likeness (QED) is 0.128. The van der Waals surface area contributed by atoms with Gasteiger partial charge < -0.3 is 14.2 Å². The van der Waals surface area contributed by atoms with Crippen LogP contribution in [0.25, 0.3) is 0 Å². The Labute approximate surface area is 394 Å². The van der Waals surface area contributed by atoms with Crippen LogP contribution in [0.15, 0.2) is 23.3 Å². The fourth-order valence-corrected chi connectivity index (χ4v) is 18.0. The van der Waals surface area contributed by atoms with Crippen LogP contribution in [0.5, 0.6) is 0 Å². The second-order valence-corrected chi connectivity index (χ2v) is 25.5. The van der Waals surface area contributed by atoms with Crippen molar-refractivity contribution < 1.29 is 23.8 Å². The molecule has 0 aromatic rings. The zero-order chi connectivity index (χ0) is 44.2. The Kier molecular flexibility index (Phi) is 16.5. The largest absolute Gasteiger partial charge is 0.509 e. The molecule has 0 radical (unpaired) electrons. The van der Waals surface area contributed by atoms with Crippen molar-refractivity contribution in [3.05, 3.63) is 23.3 Å². The van der Waals surface area contributed by atoms with E-state index in [1.54, 1.807) is 0 Å². The van der Waals surface area contributed by atoms with Crippen molar-refractivity contribution in [2.24, 2.45) is 92.7 Å². The molecule has 366 valence electrons. The summed E-state index contributed by atoms with van der Waals surface area (Å²) in [7, 11) is 0. The Morgan fingerprint density at radius 1 is 0.562 bits per heavy atom. The summed E-state index contributed by atoms with van der Waals surface area (Å²) in [6, 6.07) is 0. The Morgan fingerprint density at radius 3 is 1.44 bits per heavy atom. The standard InChI is InChI=1S/C57H92O5.2CH4/c1-36(2)13-11-15-38(5)46-21-23-48-44-19-17-40-33-42(25-29-54(40,7)50(44)27-31-56(46,48)9)61-52(58)35-60-53(59)62-43-26-30-55(8)41(34-43)18-20-45-49-24-22-47(39(6)16-12-14-37(3)4)57(49,10)32-28-51(45)55;;/h17-18,36-39,42-51H,11-16,19-35H2,1-10H3;2*1H4. The molecule has 0 aromatic carbocycles. The van der Waals surface area contributed by atoms with E-state index in [-0.39, 0.29) is 44.5 Å². The van der Waals surface area contributed by atoms with Crippen molar-refractivity contribution >= 4 is 12.1 Å². The number of hydrogen-bond acceptors (Lipinski definition) is 5. The highest BCUT2D eigenvalue weighted by Gasteiger charge is 2.61. The summed E-state index contributed by atoms with van der Waals surface area (Å²) in [6.45, 7) is 24.6. The molecule has 16 atom stereocenters. The van der Waals surface area contributed by atoms with Crippen LogP contribution in [0.3, 0.4) is 0 Å². The van der Waals surface area contributed by atoms with Gasteiger partial charge in [0.15, 0.2) is 6.61 Å². The molecule has 0 amide bonds. The molecule has 6 saturated carbocycles. The van der Waals surface area contributed by atoms with Crippen molar-refractivity contribution in [1.82, 2.24) is 0 Å². The number of carbonyl (C=O) groups is 2. The third-order valence-corrected chi connectivity index (χ3v) is 21.4. The molecule has 8 aliphatic carbocycles. The zero-order valence-electron chi connectivity index (χ0n) is 41.5. The van der Waals surface area contributed by atoms with Crippen LogP contribution in [-0.4, -0.2) is 30.9 Å². The Morgan fingerprint density at radius 2 is 1.00 bits per heavy atom. The van der Waals surface area contributed by atoms with E-state index in [4.69, 9.17) is 14.2 Å². The Hall–Kier alpha value is -1.78. The third kappa shape index (κ3) is 9.74. The molecule has 0 aromatic heterocycles. The lowest BCUT2D eigenvalue weighted by Gasteiger charge is -2.58. The monoisotopic (exact) mass is 889 g/mol. The van der Waals surface area contributed by atoms with Gasteiger partial charge in [-0.15, -0.1) is 0 Å². The number of hydrogen-bond donors (Lipinski definition) is 0. The van der Waals surface area contributed by atoms with E-state index in [0.717, 1.165) is 110 Å². The molecule has 64 heavy (non-hydrogen) atoms. The van der Waals surface area contributed by atoms with Gasteiger partial charge in [0.05, 0.1) is 0 Å². The fourth-order valence-electron chi connectivity index (χ4n) is 18.0. The van der Waals surface area contributed by atoms with Gasteiger partial charge in [-0.3, -0.25) is 0 Å². The summed E-state index contributed by atoms with van der Waals surface area (Å²) < 4.78 is 17.4. The molecule has 0 saturated heterocycles. The lowest BCUT2D eigenvalue weighted by molar-refractivity contribution is -0.156. The van der Waals surface area contributed by atoms with Crippen molar-refractivity contribution in [1.29, 1.82) is 0 Å². The minimum atomic E-state index is -0.724. The first-order chi connectivity index (χ1) is 29.5. The maximum atomic E-state index is 13.1.